The van der Waals surface area contributed by atoms with Crippen molar-refractivity contribution in [3.63, 3.8) is 0 Å². The van der Waals surface area contributed by atoms with E-state index in [1.54, 1.807) is 18.2 Å². The second-order valence-corrected chi connectivity index (χ2v) is 10.5. The van der Waals surface area contributed by atoms with Crippen molar-refractivity contribution in [2.45, 2.75) is 31.6 Å². The first kappa shape index (κ1) is 30.3. The number of ether oxygens (including phenoxy) is 1. The lowest BCUT2D eigenvalue weighted by Gasteiger charge is -2.26. The van der Waals surface area contributed by atoms with Gasteiger partial charge in [-0.05, 0) is 48.9 Å². The molecule has 1 saturated heterocycles. The molecule has 15 heteroatoms. The Kier molecular flexibility index (Phi) is 9.13. The number of halogens is 5. The van der Waals surface area contributed by atoms with E-state index in [2.05, 4.69) is 25.6 Å². The molecule has 0 saturated carbocycles. The number of anilines is 1. The van der Waals surface area contributed by atoms with Crippen LogP contribution in [0, 0.1) is 30.2 Å². The molecule has 4 aromatic rings. The number of piperidine rings is 1. The van der Waals surface area contributed by atoms with E-state index in [0.29, 0.717) is 12.2 Å². The molecule has 9 nitrogen and oxygen atoms in total. The third-order valence-electron chi connectivity index (χ3n) is 6.74. The Labute approximate surface area is 244 Å². The number of thiol groups is 1. The summed E-state index contributed by atoms with van der Waals surface area (Å²) in [5.41, 5.74) is -0.885. The number of benzene rings is 2. The van der Waals surface area contributed by atoms with E-state index >= 15 is 8.78 Å². The van der Waals surface area contributed by atoms with Crippen LogP contribution in [0.3, 0.4) is 0 Å². The maximum atomic E-state index is 15.5. The first-order valence-corrected chi connectivity index (χ1v) is 14.2. The minimum absolute atomic E-state index is 0.0224. The SMILES string of the molecule is Cc1cc(C(N[SH](=O)=O)c2c(F)cccc2F)c(F)c(F)c1Oc1ncccc1-c1ccnc(N[C@@H]2CNC[C@@H](F)C2)n1. The zero-order valence-corrected chi connectivity index (χ0v) is 23.3. The van der Waals surface area contributed by atoms with Gasteiger partial charge in [0.05, 0.1) is 17.3 Å². The Morgan fingerprint density at radius 1 is 1.00 bits per heavy atom. The van der Waals surface area contributed by atoms with E-state index in [1.165, 1.54) is 19.3 Å². The number of hydrogen-bond donors (Lipinski definition) is 4. The Morgan fingerprint density at radius 2 is 1.77 bits per heavy atom. The molecule has 3 heterocycles. The van der Waals surface area contributed by atoms with Gasteiger partial charge >= 0.3 is 0 Å². The highest BCUT2D eigenvalue weighted by molar-refractivity contribution is 7.70. The van der Waals surface area contributed by atoms with E-state index in [1.807, 2.05) is 4.72 Å². The van der Waals surface area contributed by atoms with E-state index in [-0.39, 0.29) is 42.0 Å². The molecule has 1 aliphatic heterocycles. The molecular formula is C28H25F5N6O3S. The van der Waals surface area contributed by atoms with Crippen LogP contribution in [0.25, 0.3) is 11.3 Å². The Morgan fingerprint density at radius 3 is 2.49 bits per heavy atom. The van der Waals surface area contributed by atoms with Gasteiger partial charge in [-0.1, -0.05) is 6.07 Å². The van der Waals surface area contributed by atoms with Crippen molar-refractivity contribution < 1.29 is 35.1 Å². The van der Waals surface area contributed by atoms with Crippen molar-refractivity contribution in [3.05, 3.63) is 94.8 Å². The second-order valence-electron chi connectivity index (χ2n) is 9.75. The van der Waals surface area contributed by atoms with Gasteiger partial charge < -0.3 is 15.4 Å². The van der Waals surface area contributed by atoms with Gasteiger partial charge in [0.15, 0.2) is 11.6 Å². The van der Waals surface area contributed by atoms with Crippen molar-refractivity contribution in [1.29, 1.82) is 0 Å². The van der Waals surface area contributed by atoms with Crippen LogP contribution >= 0.6 is 0 Å². The summed E-state index contributed by atoms with van der Waals surface area (Å²) in [7, 11) is -3.49. The van der Waals surface area contributed by atoms with Crippen LogP contribution in [-0.4, -0.2) is 48.7 Å². The van der Waals surface area contributed by atoms with Crippen molar-refractivity contribution in [2.24, 2.45) is 0 Å². The Balaban J connectivity index is 1.49. The van der Waals surface area contributed by atoms with Gasteiger partial charge in [0, 0.05) is 49.1 Å². The number of aromatic nitrogens is 3. The van der Waals surface area contributed by atoms with Crippen LogP contribution in [0.5, 0.6) is 11.6 Å². The zero-order valence-electron chi connectivity index (χ0n) is 22.5. The fraction of sp³-hybridized carbons (Fsp3) is 0.250. The summed E-state index contributed by atoms with van der Waals surface area (Å²) in [6.45, 7) is 2.13. The molecule has 1 unspecified atom stereocenters. The quantitative estimate of drug-likeness (QED) is 0.160. The fourth-order valence-corrected chi connectivity index (χ4v) is 5.28. The minimum atomic E-state index is -3.49. The number of hydrogen-bond acceptors (Lipinski definition) is 8. The zero-order chi connectivity index (χ0) is 30.7. The van der Waals surface area contributed by atoms with Crippen LogP contribution in [0.15, 0.2) is 54.9 Å². The maximum absolute atomic E-state index is 15.5. The first-order chi connectivity index (χ1) is 20.6. The fourth-order valence-electron chi connectivity index (χ4n) is 4.80. The van der Waals surface area contributed by atoms with Gasteiger partial charge in [0.2, 0.25) is 28.5 Å². The molecule has 226 valence electrons. The third kappa shape index (κ3) is 6.73. The van der Waals surface area contributed by atoms with Gasteiger partial charge in [-0.25, -0.2) is 45.7 Å². The highest BCUT2D eigenvalue weighted by Gasteiger charge is 2.30. The summed E-state index contributed by atoms with van der Waals surface area (Å²) in [6, 6.07) is 6.35. The van der Waals surface area contributed by atoms with E-state index in [4.69, 9.17) is 4.74 Å². The summed E-state index contributed by atoms with van der Waals surface area (Å²) in [5.74, 6) is -5.97. The van der Waals surface area contributed by atoms with E-state index in [0.717, 1.165) is 24.3 Å². The average molecular weight is 621 g/mol. The molecule has 0 radical (unpaired) electrons. The number of alkyl halides is 1. The molecule has 43 heavy (non-hydrogen) atoms. The first-order valence-electron chi connectivity index (χ1n) is 13.0. The van der Waals surface area contributed by atoms with E-state index in [9.17, 15) is 21.6 Å². The molecule has 2 aromatic heterocycles. The lowest BCUT2D eigenvalue weighted by Crippen LogP contribution is -2.44. The van der Waals surface area contributed by atoms with Crippen molar-refractivity contribution in [2.75, 3.05) is 18.4 Å². The van der Waals surface area contributed by atoms with Gasteiger partial charge in [0.1, 0.15) is 17.8 Å². The summed E-state index contributed by atoms with van der Waals surface area (Å²) in [6.07, 6.45) is 2.07. The average Bonchev–Trinajstić information content (AvgIpc) is 2.97. The molecule has 1 aliphatic rings. The molecule has 3 atom stereocenters. The molecule has 5 rings (SSSR count). The van der Waals surface area contributed by atoms with Gasteiger partial charge in [-0.15, -0.1) is 0 Å². The summed E-state index contributed by atoms with van der Waals surface area (Å²) < 4.78 is 105. The van der Waals surface area contributed by atoms with E-state index < -0.39 is 63.2 Å². The number of nitrogens with zero attached hydrogens (tertiary/aromatic N) is 3. The van der Waals surface area contributed by atoms with Crippen LogP contribution in [-0.2, 0) is 10.9 Å². The molecular weight excluding hydrogens is 595 g/mol. The minimum Gasteiger partial charge on any atom is -0.435 e. The number of nitrogens with one attached hydrogen (secondary N) is 3. The largest absolute Gasteiger partial charge is 0.435 e. The Bertz CT molecular complexity index is 1700. The lowest BCUT2D eigenvalue weighted by atomic mass is 9.96. The molecule has 2 aromatic carbocycles. The van der Waals surface area contributed by atoms with Crippen LogP contribution < -0.4 is 20.1 Å². The summed E-state index contributed by atoms with van der Waals surface area (Å²) in [4.78, 5) is 12.8. The predicted molar refractivity (Wildman–Crippen MR) is 148 cm³/mol. The standard InChI is InChI=1S/C28H25F5N6O3S/c1-14-10-18(25(39-43(40)41)22-19(30)5-2-6-20(22)31)23(32)24(33)26(14)42-27-17(4-3-8-35-27)21-7-9-36-28(38-21)37-16-11-15(29)12-34-13-16/h2-10,15-16,25,34,43H,11-13H2,1H3,(H,36,37,38)(H,39,40,41)/t15-,16-,25?/m0/s1. The smallest absolute Gasteiger partial charge is 0.228 e. The highest BCUT2D eigenvalue weighted by Crippen LogP contribution is 2.38. The molecule has 3 N–H and O–H groups in total. The van der Waals surface area contributed by atoms with Gasteiger partial charge in [-0.2, -0.15) is 4.39 Å². The highest BCUT2D eigenvalue weighted by atomic mass is 32.2. The number of rotatable bonds is 9. The normalized spacial score (nSPS) is 17.6. The Hall–Kier alpha value is -4.21. The van der Waals surface area contributed by atoms with Crippen molar-refractivity contribution >= 4 is 16.8 Å². The van der Waals surface area contributed by atoms with Gasteiger partial charge in [-0.3, -0.25) is 0 Å². The summed E-state index contributed by atoms with van der Waals surface area (Å²) in [5, 5.41) is 6.05. The van der Waals surface area contributed by atoms with Crippen molar-refractivity contribution in [1.82, 2.24) is 25.0 Å². The molecule has 1 fully saturated rings. The molecule has 0 aliphatic carbocycles. The second kappa shape index (κ2) is 13.0. The summed E-state index contributed by atoms with van der Waals surface area (Å²) >= 11 is 0. The topological polar surface area (TPSA) is 118 Å². The van der Waals surface area contributed by atoms with Crippen LogP contribution in [0.1, 0.15) is 29.2 Å². The number of aryl methyl sites for hydroxylation is 1. The maximum Gasteiger partial charge on any atom is 0.228 e. The number of pyridine rings is 1. The monoisotopic (exact) mass is 620 g/mol. The van der Waals surface area contributed by atoms with Crippen molar-refractivity contribution in [3.8, 4) is 22.9 Å². The lowest BCUT2D eigenvalue weighted by molar-refractivity contribution is 0.254. The molecule has 0 amide bonds. The third-order valence-corrected chi connectivity index (χ3v) is 7.21. The van der Waals surface area contributed by atoms with Gasteiger partial charge in [0.25, 0.3) is 0 Å². The van der Waals surface area contributed by atoms with Crippen LogP contribution in [0.4, 0.5) is 27.9 Å². The predicted octanol–water partition coefficient (Wildman–Crippen LogP) is 4.51. The molecule has 0 spiro atoms. The van der Waals surface area contributed by atoms with Crippen LogP contribution in [0.2, 0.25) is 0 Å². The molecule has 0 bridgehead atoms.